The van der Waals surface area contributed by atoms with Gasteiger partial charge in [-0.05, 0) is 44.6 Å². The van der Waals surface area contributed by atoms with Gasteiger partial charge in [-0.2, -0.15) is 0 Å². The summed E-state index contributed by atoms with van der Waals surface area (Å²) in [6.07, 6.45) is 5.75. The van der Waals surface area contributed by atoms with E-state index in [2.05, 4.69) is 4.90 Å². The van der Waals surface area contributed by atoms with Crippen LogP contribution in [0.5, 0.6) is 0 Å². The van der Waals surface area contributed by atoms with E-state index in [1.165, 1.54) is 35.1 Å². The Morgan fingerprint density at radius 2 is 1.96 bits per heavy atom. The van der Waals surface area contributed by atoms with Crippen LogP contribution in [0.3, 0.4) is 0 Å². The van der Waals surface area contributed by atoms with Crippen molar-refractivity contribution in [3.63, 3.8) is 0 Å². The second kappa shape index (κ2) is 7.02. The van der Waals surface area contributed by atoms with Crippen molar-refractivity contribution in [1.82, 2.24) is 14.9 Å². The number of ether oxygens (including phenoxy) is 1. The van der Waals surface area contributed by atoms with E-state index in [0.717, 1.165) is 55.5 Å². The van der Waals surface area contributed by atoms with E-state index < -0.39 is 0 Å². The number of rotatable bonds is 2. The Labute approximate surface area is 163 Å². The predicted octanol–water partition coefficient (Wildman–Crippen LogP) is 2.56. The van der Waals surface area contributed by atoms with Gasteiger partial charge in [0.1, 0.15) is 16.5 Å². The van der Waals surface area contributed by atoms with Gasteiger partial charge in [0.05, 0.1) is 24.5 Å². The third-order valence-electron chi connectivity index (χ3n) is 6.07. The summed E-state index contributed by atoms with van der Waals surface area (Å²) < 4.78 is 5.39. The average molecular weight is 387 g/mol. The molecule has 2 saturated heterocycles. The third kappa shape index (κ3) is 3.10. The summed E-state index contributed by atoms with van der Waals surface area (Å²) in [7, 11) is 0. The van der Waals surface area contributed by atoms with Gasteiger partial charge >= 0.3 is 0 Å². The summed E-state index contributed by atoms with van der Waals surface area (Å²) in [5, 5.41) is 1.26. The molecule has 4 heterocycles. The van der Waals surface area contributed by atoms with Crippen molar-refractivity contribution in [2.24, 2.45) is 5.92 Å². The Bertz CT molecular complexity index is 874. The number of morpholine rings is 1. The van der Waals surface area contributed by atoms with Crippen molar-refractivity contribution < 1.29 is 9.53 Å². The van der Waals surface area contributed by atoms with E-state index in [0.29, 0.717) is 13.2 Å². The first-order chi connectivity index (χ1) is 13.2. The fraction of sp³-hybridized carbons (Fsp3) is 0.650. The lowest BCUT2D eigenvalue weighted by molar-refractivity contribution is -0.138. The second-order valence-corrected chi connectivity index (χ2v) is 8.94. The topological polar surface area (TPSA) is 58.6 Å². The third-order valence-corrected chi connectivity index (χ3v) is 7.25. The van der Waals surface area contributed by atoms with Crippen molar-refractivity contribution in [3.8, 4) is 0 Å². The molecule has 2 aromatic rings. The monoisotopic (exact) mass is 386 g/mol. The highest BCUT2D eigenvalue weighted by Gasteiger charge is 2.34. The Morgan fingerprint density at radius 3 is 2.81 bits per heavy atom. The molecule has 1 aliphatic carbocycles. The maximum Gasteiger partial charge on any atom is 0.227 e. The molecule has 1 amide bonds. The normalized spacial score (nSPS) is 23.1. The zero-order valence-electron chi connectivity index (χ0n) is 15.9. The van der Waals surface area contributed by atoms with E-state index in [9.17, 15) is 4.79 Å². The lowest BCUT2D eigenvalue weighted by atomic mass is 9.97. The lowest BCUT2D eigenvalue weighted by Crippen LogP contribution is -2.44. The van der Waals surface area contributed by atoms with Crippen LogP contribution in [0.4, 0.5) is 5.82 Å². The number of hydrogen-bond acceptors (Lipinski definition) is 6. The number of fused-ring (bicyclic) bond motifs is 3. The number of hydrogen-bond donors (Lipinski definition) is 0. The maximum absolute atomic E-state index is 12.9. The summed E-state index contributed by atoms with van der Waals surface area (Å²) in [5.41, 5.74) is 1.47. The van der Waals surface area contributed by atoms with Crippen LogP contribution in [0.2, 0.25) is 0 Å². The van der Waals surface area contributed by atoms with Crippen molar-refractivity contribution in [2.45, 2.75) is 39.0 Å². The van der Waals surface area contributed by atoms with Gasteiger partial charge in [0, 0.05) is 31.1 Å². The van der Waals surface area contributed by atoms with E-state index in [4.69, 9.17) is 14.7 Å². The molecular weight excluding hydrogens is 360 g/mol. The van der Waals surface area contributed by atoms with E-state index >= 15 is 0 Å². The van der Waals surface area contributed by atoms with Crippen molar-refractivity contribution >= 4 is 33.3 Å². The molecule has 6 nitrogen and oxygen atoms in total. The van der Waals surface area contributed by atoms with Crippen LogP contribution in [-0.4, -0.2) is 60.2 Å². The minimum absolute atomic E-state index is 0.0721. The molecule has 2 aliphatic heterocycles. The van der Waals surface area contributed by atoms with E-state index in [-0.39, 0.29) is 11.8 Å². The van der Waals surface area contributed by atoms with Gasteiger partial charge < -0.3 is 14.5 Å². The first-order valence-corrected chi connectivity index (χ1v) is 10.9. The summed E-state index contributed by atoms with van der Waals surface area (Å²) in [6, 6.07) is 0. The molecule has 3 aliphatic rings. The molecule has 1 unspecified atom stereocenters. The van der Waals surface area contributed by atoms with Gasteiger partial charge in [-0.1, -0.05) is 0 Å². The van der Waals surface area contributed by atoms with Gasteiger partial charge in [-0.25, -0.2) is 9.97 Å². The van der Waals surface area contributed by atoms with Gasteiger partial charge in [0.15, 0.2) is 0 Å². The summed E-state index contributed by atoms with van der Waals surface area (Å²) in [4.78, 5) is 29.4. The van der Waals surface area contributed by atoms with Crippen molar-refractivity contribution in [2.75, 3.05) is 44.3 Å². The molecule has 0 bridgehead atoms. The lowest BCUT2D eigenvalue weighted by Gasteiger charge is -2.29. The highest BCUT2D eigenvalue weighted by molar-refractivity contribution is 7.19. The minimum atomic E-state index is 0.0721. The first-order valence-electron chi connectivity index (χ1n) is 10.1. The molecule has 144 valence electrons. The number of aryl methyl sites for hydroxylation is 3. The van der Waals surface area contributed by atoms with Crippen LogP contribution in [0.15, 0.2) is 0 Å². The smallest absolute Gasteiger partial charge is 0.227 e. The van der Waals surface area contributed by atoms with Crippen LogP contribution in [-0.2, 0) is 22.4 Å². The Hall–Kier alpha value is -1.73. The molecular formula is C20H26N4O2S. The zero-order chi connectivity index (χ0) is 18.4. The summed E-state index contributed by atoms with van der Waals surface area (Å²) in [5.74, 6) is 2.26. The van der Waals surface area contributed by atoms with Crippen LogP contribution in [0.1, 0.15) is 35.5 Å². The van der Waals surface area contributed by atoms with Gasteiger partial charge in [-0.3, -0.25) is 4.79 Å². The average Bonchev–Trinajstić information content (AvgIpc) is 3.32. The molecule has 0 spiro atoms. The summed E-state index contributed by atoms with van der Waals surface area (Å²) >= 11 is 1.85. The number of thiophene rings is 1. The molecule has 0 N–H and O–H groups in total. The molecule has 5 rings (SSSR count). The van der Waals surface area contributed by atoms with Crippen molar-refractivity contribution in [3.05, 3.63) is 16.3 Å². The maximum atomic E-state index is 12.9. The Kier molecular flexibility index (Phi) is 4.52. The number of nitrogens with zero attached hydrogens (tertiary/aromatic N) is 4. The largest absolute Gasteiger partial charge is 0.378 e. The van der Waals surface area contributed by atoms with Crippen LogP contribution in [0, 0.1) is 12.8 Å². The van der Waals surface area contributed by atoms with E-state index in [1.54, 1.807) is 0 Å². The number of amides is 1. The Balaban J connectivity index is 1.44. The number of carbonyl (C=O) groups is 1. The molecule has 0 saturated carbocycles. The van der Waals surface area contributed by atoms with Gasteiger partial charge in [-0.15, -0.1) is 11.3 Å². The van der Waals surface area contributed by atoms with Crippen LogP contribution >= 0.6 is 11.3 Å². The highest BCUT2D eigenvalue weighted by atomic mass is 32.1. The quantitative estimate of drug-likeness (QED) is 0.794. The predicted molar refractivity (Wildman–Crippen MR) is 107 cm³/mol. The van der Waals surface area contributed by atoms with Gasteiger partial charge in [0.2, 0.25) is 5.91 Å². The number of anilines is 1. The molecule has 7 heteroatoms. The molecule has 2 aromatic heterocycles. The standard InChI is InChI=1S/C20H26N4O2S/c1-13-21-18(17-15-4-2-3-5-16(15)27-19(17)22-13)24-7-6-14(12-24)20(25)23-8-10-26-11-9-23/h14H,2-12H2,1H3. The molecule has 1 atom stereocenters. The minimum Gasteiger partial charge on any atom is -0.378 e. The fourth-order valence-corrected chi connectivity index (χ4v) is 5.97. The molecule has 2 fully saturated rings. The van der Waals surface area contributed by atoms with Crippen molar-refractivity contribution in [1.29, 1.82) is 0 Å². The number of aromatic nitrogens is 2. The first kappa shape index (κ1) is 17.4. The fourth-order valence-electron chi connectivity index (χ4n) is 4.67. The molecule has 27 heavy (non-hydrogen) atoms. The number of carbonyl (C=O) groups excluding carboxylic acids is 1. The zero-order valence-corrected chi connectivity index (χ0v) is 16.7. The second-order valence-electron chi connectivity index (χ2n) is 7.85. The molecule has 0 aromatic carbocycles. The highest BCUT2D eigenvalue weighted by Crippen LogP contribution is 2.40. The molecule has 0 radical (unpaired) electrons. The SMILES string of the molecule is Cc1nc(N2CCC(C(=O)N3CCOCC3)C2)c2c3c(sc2n1)CCCC3. The Morgan fingerprint density at radius 1 is 1.15 bits per heavy atom. The van der Waals surface area contributed by atoms with E-state index in [1.807, 2.05) is 23.2 Å². The summed E-state index contributed by atoms with van der Waals surface area (Å²) in [6.45, 7) is 6.43. The van der Waals surface area contributed by atoms with Crippen LogP contribution in [0.25, 0.3) is 10.2 Å². The van der Waals surface area contributed by atoms with Gasteiger partial charge in [0.25, 0.3) is 0 Å². The van der Waals surface area contributed by atoms with Crippen LogP contribution < -0.4 is 4.90 Å².